The van der Waals surface area contributed by atoms with Crippen LogP contribution in [-0.2, 0) is 0 Å². The van der Waals surface area contributed by atoms with Crippen molar-refractivity contribution in [2.75, 3.05) is 9.80 Å². The molecule has 10 rings (SSSR count). The summed E-state index contributed by atoms with van der Waals surface area (Å²) in [6.45, 7) is 0. The number of fused-ring (bicyclic) bond motifs is 4. The number of hydrogen-bond donors (Lipinski definition) is 0. The van der Waals surface area contributed by atoms with E-state index < -0.39 is 0 Å². The lowest BCUT2D eigenvalue weighted by molar-refractivity contribution is 0.669. The minimum Gasteiger partial charge on any atom is -0.454 e. The summed E-state index contributed by atoms with van der Waals surface area (Å²) in [5.74, 6) is 0. The van der Waals surface area contributed by atoms with Crippen molar-refractivity contribution in [2.24, 2.45) is 0 Å². The van der Waals surface area contributed by atoms with Gasteiger partial charge >= 0.3 is 0 Å². The summed E-state index contributed by atoms with van der Waals surface area (Å²) in [5, 5.41) is 4.41. The van der Waals surface area contributed by atoms with Gasteiger partial charge in [-0.05, 0) is 82.6 Å². The van der Waals surface area contributed by atoms with Gasteiger partial charge in [-0.25, -0.2) is 0 Å². The average molecular weight is 705 g/mol. The van der Waals surface area contributed by atoms with Crippen LogP contribution in [0.2, 0.25) is 0 Å². The summed E-state index contributed by atoms with van der Waals surface area (Å²) in [6, 6.07) is 77.4. The summed E-state index contributed by atoms with van der Waals surface area (Å²) in [4.78, 5) is 4.74. The number of para-hydroxylation sites is 4. The zero-order valence-electron chi connectivity index (χ0n) is 30.1. The molecule has 0 aliphatic heterocycles. The Morgan fingerprint density at radius 1 is 0.327 bits per heavy atom. The Labute approximate surface area is 320 Å². The van der Waals surface area contributed by atoms with Crippen molar-refractivity contribution in [3.8, 4) is 22.3 Å². The highest BCUT2D eigenvalue weighted by Crippen LogP contribution is 2.51. The van der Waals surface area contributed by atoms with Crippen molar-refractivity contribution in [3.63, 3.8) is 0 Å². The fourth-order valence-electron chi connectivity index (χ4n) is 7.93. The summed E-state index contributed by atoms with van der Waals surface area (Å²) >= 11 is 0. The van der Waals surface area contributed by atoms with Crippen molar-refractivity contribution < 1.29 is 4.42 Å². The van der Waals surface area contributed by atoms with Crippen LogP contribution in [0.3, 0.4) is 0 Å². The average Bonchev–Trinajstić information content (AvgIpc) is 3.64. The van der Waals surface area contributed by atoms with Crippen LogP contribution in [0.5, 0.6) is 0 Å². The number of benzene rings is 9. The van der Waals surface area contributed by atoms with E-state index in [1.807, 2.05) is 0 Å². The quantitative estimate of drug-likeness (QED) is 0.157. The van der Waals surface area contributed by atoms with E-state index in [0.29, 0.717) is 0 Å². The Morgan fingerprint density at radius 3 is 1.29 bits per heavy atom. The Morgan fingerprint density at radius 2 is 0.745 bits per heavy atom. The molecule has 0 aliphatic rings. The molecule has 0 N–H and O–H groups in total. The monoisotopic (exact) mass is 704 g/mol. The molecular formula is C52H36N2O. The van der Waals surface area contributed by atoms with E-state index in [4.69, 9.17) is 4.42 Å². The van der Waals surface area contributed by atoms with Gasteiger partial charge in [0, 0.05) is 27.9 Å². The van der Waals surface area contributed by atoms with Gasteiger partial charge in [0.15, 0.2) is 5.58 Å². The van der Waals surface area contributed by atoms with Crippen LogP contribution in [0.15, 0.2) is 223 Å². The number of hydrogen-bond acceptors (Lipinski definition) is 3. The van der Waals surface area contributed by atoms with E-state index >= 15 is 0 Å². The predicted octanol–water partition coefficient (Wildman–Crippen LogP) is 15.0. The lowest BCUT2D eigenvalue weighted by atomic mass is 9.99. The zero-order valence-corrected chi connectivity index (χ0v) is 30.1. The second-order valence-corrected chi connectivity index (χ2v) is 13.7. The lowest BCUT2D eigenvalue weighted by Crippen LogP contribution is -2.14. The van der Waals surface area contributed by atoms with Crippen LogP contribution in [0.1, 0.15) is 0 Å². The van der Waals surface area contributed by atoms with E-state index in [1.54, 1.807) is 0 Å². The summed E-state index contributed by atoms with van der Waals surface area (Å²) < 4.78 is 7.17. The third kappa shape index (κ3) is 5.80. The first-order valence-corrected chi connectivity index (χ1v) is 18.7. The lowest BCUT2D eigenvalue weighted by Gasteiger charge is -2.31. The fraction of sp³-hybridized carbons (Fsp3) is 0. The molecule has 0 spiro atoms. The molecule has 1 aromatic heterocycles. The minimum absolute atomic E-state index is 0.813. The standard InChI is InChI=1S/C52H36N2O/c1-5-19-37(20-6-1)43-29-15-17-31-46(43)53(41-25-9-3-10-26-41)48-33-34-49(52-51(48)45-35-39-23-13-14-24-40(39)36-50(45)55-52)54(42-27-11-4-12-28-42)47-32-18-16-30-44(47)38-21-7-2-8-22-38/h1-36H. The van der Waals surface area contributed by atoms with Crippen LogP contribution in [0, 0.1) is 0 Å². The molecule has 3 heteroatoms. The van der Waals surface area contributed by atoms with Crippen molar-refractivity contribution in [2.45, 2.75) is 0 Å². The second-order valence-electron chi connectivity index (χ2n) is 13.7. The molecule has 9 aromatic carbocycles. The second kappa shape index (κ2) is 13.9. The van der Waals surface area contributed by atoms with Gasteiger partial charge in [0.1, 0.15) is 5.58 Å². The molecule has 55 heavy (non-hydrogen) atoms. The van der Waals surface area contributed by atoms with Gasteiger partial charge in [0.05, 0.1) is 28.1 Å². The fourth-order valence-corrected chi connectivity index (χ4v) is 7.93. The molecule has 0 unspecified atom stereocenters. The topological polar surface area (TPSA) is 19.6 Å². The number of anilines is 6. The molecule has 0 bridgehead atoms. The Hall–Kier alpha value is -7.36. The maximum atomic E-state index is 7.17. The number of rotatable bonds is 8. The molecule has 260 valence electrons. The minimum atomic E-state index is 0.813. The van der Waals surface area contributed by atoms with Crippen LogP contribution in [-0.4, -0.2) is 0 Å². The van der Waals surface area contributed by atoms with Gasteiger partial charge < -0.3 is 14.2 Å². The van der Waals surface area contributed by atoms with Crippen LogP contribution < -0.4 is 9.80 Å². The number of nitrogens with zero attached hydrogens (tertiary/aromatic N) is 2. The first-order valence-electron chi connectivity index (χ1n) is 18.7. The molecular weight excluding hydrogens is 669 g/mol. The normalized spacial score (nSPS) is 11.3. The SMILES string of the molecule is c1ccc(-c2ccccc2N(c2ccccc2)c2ccc(N(c3ccccc3)c3ccccc3-c3ccccc3)c3c2oc2cc4ccccc4cc23)cc1. The van der Waals surface area contributed by atoms with E-state index in [1.165, 1.54) is 5.39 Å². The summed E-state index contributed by atoms with van der Waals surface area (Å²) in [6.07, 6.45) is 0. The van der Waals surface area contributed by atoms with Crippen molar-refractivity contribution in [1.29, 1.82) is 0 Å². The Kier molecular flexibility index (Phi) is 8.16. The Bertz CT molecular complexity index is 2920. The summed E-state index contributed by atoms with van der Waals surface area (Å²) in [7, 11) is 0. The molecule has 0 atom stereocenters. The van der Waals surface area contributed by atoms with Gasteiger partial charge in [-0.1, -0.05) is 158 Å². The molecule has 0 radical (unpaired) electrons. The van der Waals surface area contributed by atoms with Crippen molar-refractivity contribution in [3.05, 3.63) is 218 Å². The van der Waals surface area contributed by atoms with Crippen LogP contribution in [0.25, 0.3) is 55.0 Å². The first-order chi connectivity index (χ1) is 27.3. The molecule has 0 fully saturated rings. The van der Waals surface area contributed by atoms with E-state index in [2.05, 4.69) is 228 Å². The highest BCUT2D eigenvalue weighted by atomic mass is 16.3. The van der Waals surface area contributed by atoms with Crippen LogP contribution >= 0.6 is 0 Å². The molecule has 0 saturated heterocycles. The Balaban J connectivity index is 1.31. The third-order valence-electron chi connectivity index (χ3n) is 10.4. The smallest absolute Gasteiger partial charge is 0.161 e. The van der Waals surface area contributed by atoms with E-state index in [-0.39, 0.29) is 0 Å². The molecule has 0 saturated carbocycles. The van der Waals surface area contributed by atoms with Gasteiger partial charge in [-0.2, -0.15) is 0 Å². The van der Waals surface area contributed by atoms with Crippen molar-refractivity contribution in [1.82, 2.24) is 0 Å². The van der Waals surface area contributed by atoms with E-state index in [9.17, 15) is 0 Å². The summed E-state index contributed by atoms with van der Waals surface area (Å²) in [5.41, 5.74) is 12.5. The maximum absolute atomic E-state index is 7.17. The molecule has 0 aliphatic carbocycles. The van der Waals surface area contributed by atoms with Gasteiger partial charge in [0.25, 0.3) is 0 Å². The molecule has 3 nitrogen and oxygen atoms in total. The molecule has 0 amide bonds. The largest absolute Gasteiger partial charge is 0.454 e. The van der Waals surface area contributed by atoms with Gasteiger partial charge in [-0.15, -0.1) is 0 Å². The highest BCUT2D eigenvalue weighted by Gasteiger charge is 2.27. The number of furan rings is 1. The van der Waals surface area contributed by atoms with Gasteiger partial charge in [0.2, 0.25) is 0 Å². The predicted molar refractivity (Wildman–Crippen MR) is 231 cm³/mol. The van der Waals surface area contributed by atoms with Crippen molar-refractivity contribution >= 4 is 66.8 Å². The zero-order chi connectivity index (χ0) is 36.6. The third-order valence-corrected chi connectivity index (χ3v) is 10.4. The van der Waals surface area contributed by atoms with Crippen LogP contribution in [0.4, 0.5) is 34.1 Å². The van der Waals surface area contributed by atoms with E-state index in [0.717, 1.165) is 83.7 Å². The van der Waals surface area contributed by atoms with Gasteiger partial charge in [-0.3, -0.25) is 0 Å². The highest BCUT2D eigenvalue weighted by molar-refractivity contribution is 6.20. The molecule has 10 aromatic rings. The maximum Gasteiger partial charge on any atom is 0.161 e. The molecule has 1 heterocycles. The first kappa shape index (κ1) is 32.3.